The summed E-state index contributed by atoms with van der Waals surface area (Å²) in [7, 11) is 1.63. The maximum Gasteiger partial charge on any atom is 0.290 e. The molecular formula is C17H27NO4. The summed E-state index contributed by atoms with van der Waals surface area (Å²) in [5.74, 6) is 0.578. The number of unbranched alkanes of at least 4 members (excludes halogenated alkanes) is 5. The number of nitrogens with one attached hydrogen (secondary N) is 1. The largest absolute Gasteiger partial charge is 0.493 e. The Morgan fingerprint density at radius 3 is 2.41 bits per heavy atom. The lowest BCUT2D eigenvalue weighted by Crippen LogP contribution is -2.18. The second-order valence-electron chi connectivity index (χ2n) is 4.80. The van der Waals surface area contributed by atoms with Crippen LogP contribution >= 0.6 is 0 Å². The van der Waals surface area contributed by atoms with E-state index in [0.29, 0.717) is 17.9 Å². The van der Waals surface area contributed by atoms with Crippen molar-refractivity contribution in [3.8, 4) is 5.75 Å². The maximum absolute atomic E-state index is 11.7. The minimum Gasteiger partial charge on any atom is -0.493 e. The molecule has 0 radical (unpaired) electrons. The van der Waals surface area contributed by atoms with Gasteiger partial charge in [-0.2, -0.15) is 0 Å². The van der Waals surface area contributed by atoms with Gasteiger partial charge in [0.05, 0.1) is 12.2 Å². The zero-order valence-corrected chi connectivity index (χ0v) is 13.5. The summed E-state index contributed by atoms with van der Waals surface area (Å²) >= 11 is 0. The van der Waals surface area contributed by atoms with Gasteiger partial charge in [-0.1, -0.05) is 51.2 Å². The molecule has 2 N–H and O–H groups in total. The average molecular weight is 309 g/mol. The lowest BCUT2D eigenvalue weighted by atomic mass is 10.1. The number of amides is 1. The first-order valence-electron chi connectivity index (χ1n) is 7.73. The summed E-state index contributed by atoms with van der Waals surface area (Å²) < 4.78 is 5.71. The van der Waals surface area contributed by atoms with Crippen LogP contribution in [-0.2, 0) is 4.79 Å². The number of carbonyl (C=O) groups is 2. The van der Waals surface area contributed by atoms with Gasteiger partial charge in [0.2, 0.25) is 0 Å². The quantitative estimate of drug-likeness (QED) is 0.541. The van der Waals surface area contributed by atoms with Gasteiger partial charge in [0, 0.05) is 7.05 Å². The number of rotatable bonds is 9. The lowest BCUT2D eigenvalue weighted by molar-refractivity contribution is -0.122. The summed E-state index contributed by atoms with van der Waals surface area (Å²) in [4.78, 5) is 20.0. The SMILES string of the molecule is CCCCCCCCOc1ccccc1C(=O)NC.O=CO. The third-order valence-electron chi connectivity index (χ3n) is 3.11. The molecule has 5 heteroatoms. The third-order valence-corrected chi connectivity index (χ3v) is 3.11. The van der Waals surface area contributed by atoms with Crippen LogP contribution < -0.4 is 10.1 Å². The Hall–Kier alpha value is -2.04. The van der Waals surface area contributed by atoms with Gasteiger partial charge in [-0.25, -0.2) is 0 Å². The molecule has 0 heterocycles. The highest BCUT2D eigenvalue weighted by atomic mass is 16.5. The molecule has 0 saturated heterocycles. The highest BCUT2D eigenvalue weighted by molar-refractivity contribution is 5.96. The molecule has 5 nitrogen and oxygen atoms in total. The maximum atomic E-state index is 11.7. The molecule has 0 aliphatic rings. The molecule has 124 valence electrons. The van der Waals surface area contributed by atoms with Crippen LogP contribution in [0.3, 0.4) is 0 Å². The first kappa shape index (κ1) is 20.0. The molecule has 1 amide bonds. The number of carbonyl (C=O) groups excluding carboxylic acids is 1. The molecule has 0 saturated carbocycles. The van der Waals surface area contributed by atoms with E-state index in [1.165, 1.54) is 32.1 Å². The van der Waals surface area contributed by atoms with Crippen LogP contribution in [0.1, 0.15) is 55.8 Å². The summed E-state index contributed by atoms with van der Waals surface area (Å²) in [6.07, 6.45) is 7.42. The Morgan fingerprint density at radius 1 is 1.18 bits per heavy atom. The zero-order chi connectivity index (χ0) is 16.6. The van der Waals surface area contributed by atoms with Crippen LogP contribution in [0.25, 0.3) is 0 Å². The van der Waals surface area contributed by atoms with E-state index in [9.17, 15) is 4.79 Å². The molecule has 0 aliphatic carbocycles. The number of para-hydroxylation sites is 1. The average Bonchev–Trinajstić information content (AvgIpc) is 2.54. The number of hydrogen-bond donors (Lipinski definition) is 2. The van der Waals surface area contributed by atoms with Crippen LogP contribution in [0, 0.1) is 0 Å². The summed E-state index contributed by atoms with van der Waals surface area (Å²) in [6, 6.07) is 7.38. The fourth-order valence-corrected chi connectivity index (χ4v) is 1.98. The van der Waals surface area contributed by atoms with Crippen molar-refractivity contribution < 1.29 is 19.4 Å². The molecule has 0 unspecified atom stereocenters. The van der Waals surface area contributed by atoms with Crippen molar-refractivity contribution in [3.63, 3.8) is 0 Å². The summed E-state index contributed by atoms with van der Waals surface area (Å²) in [5.41, 5.74) is 0.607. The second kappa shape index (κ2) is 13.9. The normalized spacial score (nSPS) is 9.36. The van der Waals surface area contributed by atoms with Gasteiger partial charge >= 0.3 is 0 Å². The highest BCUT2D eigenvalue weighted by Crippen LogP contribution is 2.18. The van der Waals surface area contributed by atoms with Crippen molar-refractivity contribution in [1.29, 1.82) is 0 Å². The van der Waals surface area contributed by atoms with Crippen molar-refractivity contribution in [2.24, 2.45) is 0 Å². The van der Waals surface area contributed by atoms with Crippen LogP contribution in [0.2, 0.25) is 0 Å². The van der Waals surface area contributed by atoms with Crippen molar-refractivity contribution in [2.45, 2.75) is 45.4 Å². The molecular weight excluding hydrogens is 282 g/mol. The van der Waals surface area contributed by atoms with Crippen molar-refractivity contribution in [3.05, 3.63) is 29.8 Å². The molecule has 1 rings (SSSR count). The number of benzene rings is 1. The summed E-state index contributed by atoms with van der Waals surface area (Å²) in [6.45, 7) is 2.65. The lowest BCUT2D eigenvalue weighted by Gasteiger charge is -2.10. The zero-order valence-electron chi connectivity index (χ0n) is 13.5. The van der Waals surface area contributed by atoms with Crippen LogP contribution in [0.15, 0.2) is 24.3 Å². The molecule has 0 spiro atoms. The van der Waals surface area contributed by atoms with Crippen LogP contribution in [0.4, 0.5) is 0 Å². The molecule has 0 atom stereocenters. The molecule has 0 fully saturated rings. The van der Waals surface area contributed by atoms with Gasteiger partial charge in [-0.15, -0.1) is 0 Å². The molecule has 1 aromatic carbocycles. The van der Waals surface area contributed by atoms with E-state index in [4.69, 9.17) is 14.6 Å². The monoisotopic (exact) mass is 309 g/mol. The van der Waals surface area contributed by atoms with E-state index in [2.05, 4.69) is 12.2 Å². The fraction of sp³-hybridized carbons (Fsp3) is 0.529. The minimum atomic E-state index is -0.250. The van der Waals surface area contributed by atoms with Crippen molar-refractivity contribution >= 4 is 12.4 Å². The predicted molar refractivity (Wildman–Crippen MR) is 87.4 cm³/mol. The van der Waals surface area contributed by atoms with E-state index in [1.54, 1.807) is 13.1 Å². The van der Waals surface area contributed by atoms with E-state index in [0.717, 1.165) is 6.42 Å². The molecule has 0 aliphatic heterocycles. The second-order valence-corrected chi connectivity index (χ2v) is 4.80. The van der Waals surface area contributed by atoms with E-state index >= 15 is 0 Å². The topological polar surface area (TPSA) is 75.6 Å². The van der Waals surface area contributed by atoms with Crippen molar-refractivity contribution in [1.82, 2.24) is 5.32 Å². The standard InChI is InChI=1S/C16H25NO2.CH2O2/c1-3-4-5-6-7-10-13-19-15-12-9-8-11-14(15)16(18)17-2;2-1-3/h8-9,11-12H,3-7,10,13H2,1-2H3,(H,17,18);1H,(H,2,3). The van der Waals surface area contributed by atoms with Gasteiger partial charge < -0.3 is 15.2 Å². The van der Waals surface area contributed by atoms with Crippen molar-refractivity contribution in [2.75, 3.05) is 13.7 Å². The summed E-state index contributed by atoms with van der Waals surface area (Å²) in [5, 5.41) is 9.52. The van der Waals surface area contributed by atoms with E-state index in [1.807, 2.05) is 18.2 Å². The van der Waals surface area contributed by atoms with Gasteiger partial charge in [0.15, 0.2) is 0 Å². The Bertz CT molecular complexity index is 421. The Kier molecular flexibility index (Phi) is 12.6. The van der Waals surface area contributed by atoms with Crippen LogP contribution in [-0.4, -0.2) is 31.1 Å². The first-order chi connectivity index (χ1) is 10.7. The Labute approximate surface area is 132 Å². The Balaban J connectivity index is 0.00000135. The van der Waals surface area contributed by atoms with E-state index < -0.39 is 0 Å². The molecule has 0 bridgehead atoms. The van der Waals surface area contributed by atoms with Crippen LogP contribution in [0.5, 0.6) is 5.75 Å². The fourth-order valence-electron chi connectivity index (χ4n) is 1.98. The highest BCUT2D eigenvalue weighted by Gasteiger charge is 2.09. The third kappa shape index (κ3) is 9.00. The first-order valence-corrected chi connectivity index (χ1v) is 7.73. The van der Waals surface area contributed by atoms with E-state index in [-0.39, 0.29) is 12.4 Å². The Morgan fingerprint density at radius 2 is 1.77 bits per heavy atom. The minimum absolute atomic E-state index is 0.0986. The van der Waals surface area contributed by atoms with Gasteiger partial charge in [0.25, 0.3) is 12.4 Å². The molecule has 0 aromatic heterocycles. The van der Waals surface area contributed by atoms with Gasteiger partial charge in [-0.05, 0) is 18.6 Å². The molecule has 22 heavy (non-hydrogen) atoms. The number of hydrogen-bond acceptors (Lipinski definition) is 3. The van der Waals surface area contributed by atoms with Gasteiger partial charge in [0.1, 0.15) is 5.75 Å². The van der Waals surface area contributed by atoms with Gasteiger partial charge in [-0.3, -0.25) is 9.59 Å². The molecule has 1 aromatic rings. The predicted octanol–water partition coefficient (Wildman–Crippen LogP) is 3.49. The smallest absolute Gasteiger partial charge is 0.290 e. The number of carboxylic acid groups (broad SMARTS) is 1. The number of ether oxygens (including phenoxy) is 1.